The van der Waals surface area contributed by atoms with Gasteiger partial charge in [-0.3, -0.25) is 0 Å². The van der Waals surface area contributed by atoms with Crippen molar-refractivity contribution in [1.82, 2.24) is 0 Å². The first-order valence-electron chi connectivity index (χ1n) is 8.58. The van der Waals surface area contributed by atoms with Crippen LogP contribution in [0.2, 0.25) is 0 Å². The highest BCUT2D eigenvalue weighted by molar-refractivity contribution is 5.58. The molecule has 2 aromatic rings. The number of ether oxygens (including phenoxy) is 6. The number of fused-ring (bicyclic) bond motifs is 2. The molecule has 2 heterocycles. The molecule has 0 bridgehead atoms. The predicted molar refractivity (Wildman–Crippen MR) is 95.9 cm³/mol. The van der Waals surface area contributed by atoms with Gasteiger partial charge in [0.2, 0.25) is 12.6 Å². The Labute approximate surface area is 157 Å². The zero-order valence-corrected chi connectivity index (χ0v) is 15.6. The van der Waals surface area contributed by atoms with Crippen molar-refractivity contribution < 1.29 is 33.5 Å². The number of hydrogen-bond donors (Lipinski definition) is 1. The molecule has 2 aromatic carbocycles. The maximum Gasteiger partial charge on any atom is 0.234 e. The summed E-state index contributed by atoms with van der Waals surface area (Å²) in [5.74, 6) is 1.24. The lowest BCUT2D eigenvalue weighted by atomic mass is 9.80. The first kappa shape index (κ1) is 17.8. The summed E-state index contributed by atoms with van der Waals surface area (Å²) in [5, 5.41) is 9.86. The Hall–Kier alpha value is -2.64. The van der Waals surface area contributed by atoms with E-state index in [4.69, 9.17) is 28.4 Å². The number of aromatic hydroxyl groups is 1. The highest BCUT2D eigenvalue weighted by atomic mass is 16.7. The standard InChI is InChI=1S/C20H22O7/c1-20(24-4)19(23-3)18(12-6-5-11(21)7-14(12)22-2)13-8-16-17(26-10-25-16)9-15(13)27-20/h5-9,18-19,21H,10H2,1-4H3. The summed E-state index contributed by atoms with van der Waals surface area (Å²) < 4.78 is 34.3. The second-order valence-corrected chi connectivity index (χ2v) is 6.63. The third-order valence-electron chi connectivity index (χ3n) is 5.18. The fourth-order valence-electron chi connectivity index (χ4n) is 3.81. The Morgan fingerprint density at radius 2 is 1.74 bits per heavy atom. The number of methoxy groups -OCH3 is 3. The van der Waals surface area contributed by atoms with Gasteiger partial charge < -0.3 is 33.5 Å². The molecule has 0 spiro atoms. The van der Waals surface area contributed by atoms with Crippen LogP contribution < -0.4 is 18.9 Å². The summed E-state index contributed by atoms with van der Waals surface area (Å²) in [5.41, 5.74) is 1.71. The summed E-state index contributed by atoms with van der Waals surface area (Å²) >= 11 is 0. The van der Waals surface area contributed by atoms with E-state index in [1.807, 2.05) is 19.1 Å². The monoisotopic (exact) mass is 374 g/mol. The van der Waals surface area contributed by atoms with Crippen LogP contribution in [-0.4, -0.2) is 45.1 Å². The molecule has 3 atom stereocenters. The number of phenolic OH excluding ortho intramolecular Hbond substituents is 1. The lowest BCUT2D eigenvalue weighted by Crippen LogP contribution is -2.53. The van der Waals surface area contributed by atoms with Gasteiger partial charge in [-0.2, -0.15) is 0 Å². The molecule has 0 saturated heterocycles. The van der Waals surface area contributed by atoms with E-state index in [9.17, 15) is 5.11 Å². The van der Waals surface area contributed by atoms with E-state index in [2.05, 4.69) is 0 Å². The van der Waals surface area contributed by atoms with E-state index in [1.165, 1.54) is 0 Å². The van der Waals surface area contributed by atoms with Crippen molar-refractivity contribution in [3.8, 4) is 28.7 Å². The lowest BCUT2D eigenvalue weighted by molar-refractivity contribution is -0.231. The summed E-state index contributed by atoms with van der Waals surface area (Å²) in [6, 6.07) is 8.72. The molecule has 2 aliphatic heterocycles. The topological polar surface area (TPSA) is 75.6 Å². The number of phenols is 1. The molecule has 0 amide bonds. The zero-order chi connectivity index (χ0) is 19.2. The molecule has 0 saturated carbocycles. The van der Waals surface area contributed by atoms with Crippen LogP contribution in [0.3, 0.4) is 0 Å². The molecule has 0 aliphatic carbocycles. The molecule has 4 rings (SSSR count). The third-order valence-corrected chi connectivity index (χ3v) is 5.18. The summed E-state index contributed by atoms with van der Waals surface area (Å²) in [7, 11) is 4.76. The maximum absolute atomic E-state index is 9.86. The minimum absolute atomic E-state index is 0.122. The van der Waals surface area contributed by atoms with Crippen molar-refractivity contribution in [2.24, 2.45) is 0 Å². The van der Waals surface area contributed by atoms with Crippen LogP contribution in [0.25, 0.3) is 0 Å². The van der Waals surface area contributed by atoms with Crippen molar-refractivity contribution >= 4 is 0 Å². The van der Waals surface area contributed by atoms with E-state index in [0.29, 0.717) is 23.0 Å². The van der Waals surface area contributed by atoms with Crippen LogP contribution >= 0.6 is 0 Å². The first-order chi connectivity index (χ1) is 13.0. The summed E-state index contributed by atoms with van der Waals surface area (Å²) in [6.07, 6.45) is -0.478. The number of rotatable bonds is 4. The molecule has 1 N–H and O–H groups in total. The second-order valence-electron chi connectivity index (χ2n) is 6.63. The van der Waals surface area contributed by atoms with Gasteiger partial charge in [-0.1, -0.05) is 6.07 Å². The SMILES string of the molecule is COc1cc(O)ccc1C1c2cc3c(cc2OC(C)(OC)C1OC)OCO3. The van der Waals surface area contributed by atoms with Crippen LogP contribution in [0, 0.1) is 0 Å². The second kappa shape index (κ2) is 6.51. The van der Waals surface area contributed by atoms with Crippen molar-refractivity contribution in [2.75, 3.05) is 28.1 Å². The van der Waals surface area contributed by atoms with Crippen molar-refractivity contribution in [3.63, 3.8) is 0 Å². The van der Waals surface area contributed by atoms with E-state index in [0.717, 1.165) is 11.1 Å². The van der Waals surface area contributed by atoms with Gasteiger partial charge in [0.15, 0.2) is 11.5 Å². The smallest absolute Gasteiger partial charge is 0.234 e. The van der Waals surface area contributed by atoms with Gasteiger partial charge in [0, 0.05) is 50.3 Å². The van der Waals surface area contributed by atoms with Crippen LogP contribution in [0.5, 0.6) is 28.7 Å². The molecular weight excluding hydrogens is 352 g/mol. The molecule has 144 valence electrons. The predicted octanol–water partition coefficient (Wildman–Crippen LogP) is 3.03. The maximum atomic E-state index is 9.86. The minimum Gasteiger partial charge on any atom is -0.508 e. The largest absolute Gasteiger partial charge is 0.508 e. The van der Waals surface area contributed by atoms with Crippen molar-refractivity contribution in [1.29, 1.82) is 0 Å². The van der Waals surface area contributed by atoms with Crippen LogP contribution in [-0.2, 0) is 9.47 Å². The number of hydrogen-bond acceptors (Lipinski definition) is 7. The highest BCUT2D eigenvalue weighted by Crippen LogP contribution is 2.52. The summed E-state index contributed by atoms with van der Waals surface area (Å²) in [4.78, 5) is 0. The fraction of sp³-hybridized carbons (Fsp3) is 0.400. The molecule has 7 nitrogen and oxygen atoms in total. The van der Waals surface area contributed by atoms with Crippen molar-refractivity contribution in [2.45, 2.75) is 24.7 Å². The third kappa shape index (κ3) is 2.74. The quantitative estimate of drug-likeness (QED) is 0.881. The molecule has 7 heteroatoms. The molecule has 0 aromatic heterocycles. The lowest BCUT2D eigenvalue weighted by Gasteiger charge is -2.45. The van der Waals surface area contributed by atoms with Gasteiger partial charge in [-0.15, -0.1) is 0 Å². The van der Waals surface area contributed by atoms with Gasteiger partial charge in [0.05, 0.1) is 7.11 Å². The number of benzene rings is 2. The minimum atomic E-state index is -1.04. The molecule has 27 heavy (non-hydrogen) atoms. The Bertz CT molecular complexity index is 866. The molecule has 3 unspecified atom stereocenters. The summed E-state index contributed by atoms with van der Waals surface area (Å²) in [6.45, 7) is 2.00. The van der Waals surface area contributed by atoms with Crippen molar-refractivity contribution in [3.05, 3.63) is 41.5 Å². The van der Waals surface area contributed by atoms with E-state index in [-0.39, 0.29) is 18.5 Å². The Morgan fingerprint density at radius 1 is 1.00 bits per heavy atom. The molecule has 0 fully saturated rings. The fourth-order valence-corrected chi connectivity index (χ4v) is 3.81. The van der Waals surface area contributed by atoms with Crippen LogP contribution in [0.1, 0.15) is 24.0 Å². The highest BCUT2D eigenvalue weighted by Gasteiger charge is 2.50. The van der Waals surface area contributed by atoms with Gasteiger partial charge in [0.25, 0.3) is 0 Å². The van der Waals surface area contributed by atoms with Gasteiger partial charge in [0.1, 0.15) is 23.4 Å². The van der Waals surface area contributed by atoms with E-state index >= 15 is 0 Å². The van der Waals surface area contributed by atoms with Gasteiger partial charge in [-0.25, -0.2) is 0 Å². The molecule has 2 aliphatic rings. The zero-order valence-electron chi connectivity index (χ0n) is 15.6. The molecule has 0 radical (unpaired) electrons. The first-order valence-corrected chi connectivity index (χ1v) is 8.58. The Kier molecular flexibility index (Phi) is 4.28. The van der Waals surface area contributed by atoms with E-state index < -0.39 is 11.9 Å². The Balaban J connectivity index is 1.95. The Morgan fingerprint density at radius 3 is 2.41 bits per heavy atom. The average Bonchev–Trinajstić information content (AvgIpc) is 3.12. The molecular formula is C20H22O7. The van der Waals surface area contributed by atoms with Crippen LogP contribution in [0.4, 0.5) is 0 Å². The van der Waals surface area contributed by atoms with E-state index in [1.54, 1.807) is 39.5 Å². The van der Waals surface area contributed by atoms with Gasteiger partial charge in [-0.05, 0) is 12.1 Å². The normalized spacial score (nSPS) is 25.6. The van der Waals surface area contributed by atoms with Crippen LogP contribution in [0.15, 0.2) is 30.3 Å². The average molecular weight is 374 g/mol. The van der Waals surface area contributed by atoms with Gasteiger partial charge >= 0.3 is 0 Å².